The maximum atomic E-state index is 13.0. The summed E-state index contributed by atoms with van der Waals surface area (Å²) in [6.45, 7) is 0.863. The van der Waals surface area contributed by atoms with E-state index in [0.717, 1.165) is 22.0 Å². The molecule has 5 rings (SSSR count). The number of likely N-dealkylation sites (tertiary alicyclic amines) is 1. The summed E-state index contributed by atoms with van der Waals surface area (Å²) >= 11 is 0. The highest BCUT2D eigenvalue weighted by Crippen LogP contribution is 2.68. The van der Waals surface area contributed by atoms with Gasteiger partial charge in [0.2, 0.25) is 5.91 Å². The lowest BCUT2D eigenvalue weighted by Crippen LogP contribution is -2.31. The Balaban J connectivity index is 1.36. The molecule has 0 unspecified atom stereocenters. The molecular formula is C23H24N2O3. The van der Waals surface area contributed by atoms with E-state index in [0.29, 0.717) is 19.5 Å². The molecule has 1 aromatic heterocycles. The monoisotopic (exact) mass is 376 g/mol. The number of nitrogens with one attached hydrogen (secondary N) is 1. The molecule has 1 spiro atoms. The zero-order valence-corrected chi connectivity index (χ0v) is 15.6. The molecule has 1 aliphatic heterocycles. The Hall–Kier alpha value is -2.63. The molecule has 144 valence electrons. The highest BCUT2D eigenvalue weighted by molar-refractivity contribution is 5.89. The molecule has 4 atom stereocenters. The molecule has 28 heavy (non-hydrogen) atoms. The molecule has 1 amide bonds. The van der Waals surface area contributed by atoms with Gasteiger partial charge in [0.1, 0.15) is 0 Å². The van der Waals surface area contributed by atoms with Gasteiger partial charge in [-0.3, -0.25) is 4.79 Å². The number of benzene rings is 2. The summed E-state index contributed by atoms with van der Waals surface area (Å²) in [5, 5.41) is 21.8. The van der Waals surface area contributed by atoms with E-state index in [-0.39, 0.29) is 24.3 Å². The van der Waals surface area contributed by atoms with Crippen molar-refractivity contribution in [1.82, 2.24) is 9.88 Å². The van der Waals surface area contributed by atoms with Crippen LogP contribution >= 0.6 is 0 Å². The van der Waals surface area contributed by atoms with Crippen LogP contribution < -0.4 is 0 Å². The number of aliphatic hydroxyl groups excluding tert-OH is 2. The predicted molar refractivity (Wildman–Crippen MR) is 107 cm³/mol. The first-order valence-corrected chi connectivity index (χ1v) is 9.82. The van der Waals surface area contributed by atoms with Gasteiger partial charge in [-0.2, -0.15) is 0 Å². The largest absolute Gasteiger partial charge is 0.396 e. The van der Waals surface area contributed by atoms with Crippen molar-refractivity contribution in [3.8, 4) is 0 Å². The van der Waals surface area contributed by atoms with Crippen molar-refractivity contribution in [2.75, 3.05) is 19.7 Å². The maximum absolute atomic E-state index is 13.0. The van der Waals surface area contributed by atoms with Crippen molar-refractivity contribution in [1.29, 1.82) is 0 Å². The second-order valence-electron chi connectivity index (χ2n) is 8.12. The van der Waals surface area contributed by atoms with Crippen molar-refractivity contribution in [3.63, 3.8) is 0 Å². The van der Waals surface area contributed by atoms with Gasteiger partial charge >= 0.3 is 0 Å². The van der Waals surface area contributed by atoms with E-state index < -0.39 is 11.5 Å². The number of carbonyl (C=O) groups excluding carboxylic acids is 1. The van der Waals surface area contributed by atoms with E-state index in [9.17, 15) is 15.0 Å². The predicted octanol–water partition coefficient (Wildman–Crippen LogP) is 2.31. The lowest BCUT2D eigenvalue weighted by Gasteiger charge is -2.16. The Bertz CT molecular complexity index is 1010. The molecule has 2 fully saturated rings. The Kier molecular flexibility index (Phi) is 4.03. The number of β-amino-alcohol motifs (C(OH)–C–C–N with tert-alkyl or cyclic N) is 1. The van der Waals surface area contributed by atoms with E-state index in [1.54, 1.807) is 4.90 Å². The van der Waals surface area contributed by atoms with Gasteiger partial charge in [-0.1, -0.05) is 48.5 Å². The number of hydrogen-bond donors (Lipinski definition) is 3. The second-order valence-corrected chi connectivity index (χ2v) is 8.12. The first kappa shape index (κ1) is 17.5. The number of amides is 1. The average Bonchev–Trinajstić information content (AvgIpc) is 2.98. The zero-order chi connectivity index (χ0) is 19.3. The topological polar surface area (TPSA) is 76.6 Å². The van der Waals surface area contributed by atoms with Crippen LogP contribution in [0.2, 0.25) is 0 Å². The van der Waals surface area contributed by atoms with E-state index in [1.807, 2.05) is 60.8 Å². The van der Waals surface area contributed by atoms with E-state index in [1.165, 1.54) is 0 Å². The Morgan fingerprint density at radius 3 is 2.68 bits per heavy atom. The third kappa shape index (κ3) is 2.50. The van der Waals surface area contributed by atoms with Crippen LogP contribution in [-0.4, -0.2) is 51.8 Å². The number of aromatic amines is 1. The molecular weight excluding hydrogens is 352 g/mol. The van der Waals surface area contributed by atoms with Crippen LogP contribution in [0.3, 0.4) is 0 Å². The van der Waals surface area contributed by atoms with Crippen LogP contribution in [0.4, 0.5) is 0 Å². The number of hydrogen-bond acceptors (Lipinski definition) is 3. The standard InChI is InChI=1S/C23H24N2O3/c26-13-18-22(15-6-2-1-3-7-15)23(18)14-25(12-20(23)27)21(28)10-16-11-24-19-9-5-4-8-17(16)19/h1-9,11,18,20,22,24,26-27H,10,12-14H2/t18-,20-,22-,23-/m1/s1. The Morgan fingerprint density at radius 1 is 1.14 bits per heavy atom. The molecule has 1 aliphatic carbocycles. The third-order valence-electron chi connectivity index (χ3n) is 6.77. The minimum atomic E-state index is -0.609. The first-order chi connectivity index (χ1) is 13.6. The van der Waals surface area contributed by atoms with E-state index in [4.69, 9.17) is 0 Å². The Morgan fingerprint density at radius 2 is 1.89 bits per heavy atom. The van der Waals surface area contributed by atoms with Crippen LogP contribution in [0.5, 0.6) is 0 Å². The molecule has 0 bridgehead atoms. The summed E-state index contributed by atoms with van der Waals surface area (Å²) in [5.41, 5.74) is 2.71. The van der Waals surface area contributed by atoms with Crippen molar-refractivity contribution < 1.29 is 15.0 Å². The lowest BCUT2D eigenvalue weighted by molar-refractivity contribution is -0.129. The van der Waals surface area contributed by atoms with Crippen LogP contribution in [0.25, 0.3) is 10.9 Å². The average molecular weight is 376 g/mol. The highest BCUT2D eigenvalue weighted by atomic mass is 16.3. The minimum absolute atomic E-state index is 0.00390. The lowest BCUT2D eigenvalue weighted by atomic mass is 9.95. The number of aromatic nitrogens is 1. The van der Waals surface area contributed by atoms with Crippen molar-refractivity contribution in [3.05, 3.63) is 71.9 Å². The molecule has 5 nitrogen and oxygen atoms in total. The van der Waals surface area contributed by atoms with Crippen LogP contribution in [0, 0.1) is 11.3 Å². The molecule has 2 aromatic carbocycles. The summed E-state index contributed by atoms with van der Waals surface area (Å²) in [7, 11) is 0. The van der Waals surface area contributed by atoms with E-state index >= 15 is 0 Å². The van der Waals surface area contributed by atoms with Gasteiger partial charge in [0.05, 0.1) is 12.5 Å². The number of aliphatic hydroxyl groups is 2. The van der Waals surface area contributed by atoms with Crippen molar-refractivity contribution in [2.24, 2.45) is 11.3 Å². The maximum Gasteiger partial charge on any atom is 0.227 e. The van der Waals surface area contributed by atoms with Gasteiger partial charge in [0.25, 0.3) is 0 Å². The van der Waals surface area contributed by atoms with Crippen molar-refractivity contribution in [2.45, 2.75) is 18.4 Å². The van der Waals surface area contributed by atoms with Gasteiger partial charge in [0.15, 0.2) is 0 Å². The summed E-state index contributed by atoms with van der Waals surface area (Å²) in [5.74, 6) is 0.117. The SMILES string of the molecule is O=C(Cc1c[nH]c2ccccc12)N1C[C@@H](O)[C@@]2(C1)[C@H](CO)[C@H]2c1ccccc1. The molecule has 3 N–H and O–H groups in total. The number of H-pyrrole nitrogens is 1. The van der Waals surface area contributed by atoms with Gasteiger partial charge in [-0.05, 0) is 29.0 Å². The molecule has 3 aromatic rings. The molecule has 2 heterocycles. The summed E-state index contributed by atoms with van der Waals surface area (Å²) in [6.07, 6.45) is 1.60. The number of nitrogens with zero attached hydrogens (tertiary/aromatic N) is 1. The van der Waals surface area contributed by atoms with Crippen LogP contribution in [0.15, 0.2) is 60.8 Å². The Labute approximate surface area is 163 Å². The van der Waals surface area contributed by atoms with Gasteiger partial charge in [-0.15, -0.1) is 0 Å². The zero-order valence-electron chi connectivity index (χ0n) is 15.6. The summed E-state index contributed by atoms with van der Waals surface area (Å²) in [6, 6.07) is 18.0. The number of fused-ring (bicyclic) bond motifs is 1. The number of carbonyl (C=O) groups is 1. The highest BCUT2D eigenvalue weighted by Gasteiger charge is 2.71. The fraction of sp³-hybridized carbons (Fsp3) is 0.348. The first-order valence-electron chi connectivity index (χ1n) is 9.82. The molecule has 1 saturated heterocycles. The molecule has 0 radical (unpaired) electrons. The third-order valence-corrected chi connectivity index (χ3v) is 6.77. The van der Waals surface area contributed by atoms with Crippen LogP contribution in [0.1, 0.15) is 17.0 Å². The van der Waals surface area contributed by atoms with E-state index in [2.05, 4.69) is 4.98 Å². The summed E-state index contributed by atoms with van der Waals surface area (Å²) < 4.78 is 0. The quantitative estimate of drug-likeness (QED) is 0.654. The van der Waals surface area contributed by atoms with Crippen LogP contribution in [-0.2, 0) is 11.2 Å². The van der Waals surface area contributed by atoms with Gasteiger partial charge in [-0.25, -0.2) is 0 Å². The molecule has 5 heteroatoms. The molecule has 2 aliphatic rings. The molecule has 1 saturated carbocycles. The fourth-order valence-electron chi connectivity index (χ4n) is 5.31. The number of para-hydroxylation sites is 1. The van der Waals surface area contributed by atoms with Gasteiger partial charge in [0, 0.05) is 42.2 Å². The van der Waals surface area contributed by atoms with Crippen molar-refractivity contribution >= 4 is 16.8 Å². The summed E-state index contributed by atoms with van der Waals surface area (Å²) in [4.78, 5) is 18.0. The smallest absolute Gasteiger partial charge is 0.227 e. The number of rotatable bonds is 4. The minimum Gasteiger partial charge on any atom is -0.396 e. The fourth-order valence-corrected chi connectivity index (χ4v) is 5.31. The van der Waals surface area contributed by atoms with Gasteiger partial charge < -0.3 is 20.1 Å². The normalized spacial score (nSPS) is 28.9. The second kappa shape index (κ2) is 6.47.